The molecular formula is C18H12BrN3O7. The van der Waals surface area contributed by atoms with Crippen LogP contribution in [0.1, 0.15) is 5.56 Å². The van der Waals surface area contributed by atoms with Crippen LogP contribution in [0.5, 0.6) is 11.5 Å². The average Bonchev–Trinajstić information content (AvgIpc) is 2.67. The number of aromatic hydroxyl groups is 1. The Kier molecular flexibility index (Phi) is 5.33. The van der Waals surface area contributed by atoms with Crippen molar-refractivity contribution in [1.29, 1.82) is 0 Å². The molecule has 10 nitrogen and oxygen atoms in total. The monoisotopic (exact) mass is 461 g/mol. The van der Waals surface area contributed by atoms with Crippen LogP contribution in [-0.4, -0.2) is 35.0 Å². The molecule has 29 heavy (non-hydrogen) atoms. The maximum absolute atomic E-state index is 12.8. The van der Waals surface area contributed by atoms with Crippen LogP contribution in [0.4, 0.5) is 16.2 Å². The van der Waals surface area contributed by atoms with Gasteiger partial charge in [-0.25, -0.2) is 9.69 Å². The molecule has 4 amide bonds. The minimum absolute atomic E-state index is 0.00491. The molecule has 1 aliphatic rings. The lowest BCUT2D eigenvalue weighted by molar-refractivity contribution is -0.386. The first kappa shape index (κ1) is 20.0. The number of ether oxygens (including phenoxy) is 1. The highest BCUT2D eigenvalue weighted by atomic mass is 79.9. The lowest BCUT2D eigenvalue weighted by Gasteiger charge is -2.26. The molecule has 1 saturated heterocycles. The van der Waals surface area contributed by atoms with Gasteiger partial charge in [0.25, 0.3) is 11.8 Å². The van der Waals surface area contributed by atoms with Gasteiger partial charge in [0, 0.05) is 6.07 Å². The van der Waals surface area contributed by atoms with E-state index in [9.17, 15) is 29.6 Å². The van der Waals surface area contributed by atoms with Crippen LogP contribution in [-0.2, 0) is 9.59 Å². The number of hydrogen-bond donors (Lipinski definition) is 2. The molecule has 0 radical (unpaired) electrons. The van der Waals surface area contributed by atoms with E-state index in [0.717, 1.165) is 17.0 Å². The third-order valence-corrected chi connectivity index (χ3v) is 4.61. The molecular weight excluding hydrogens is 450 g/mol. The van der Waals surface area contributed by atoms with Crippen molar-refractivity contribution in [1.82, 2.24) is 5.32 Å². The van der Waals surface area contributed by atoms with Crippen molar-refractivity contribution in [3.63, 3.8) is 0 Å². The van der Waals surface area contributed by atoms with Gasteiger partial charge in [0.15, 0.2) is 0 Å². The molecule has 0 aromatic heterocycles. The van der Waals surface area contributed by atoms with E-state index >= 15 is 0 Å². The molecule has 11 heteroatoms. The Morgan fingerprint density at radius 1 is 1.21 bits per heavy atom. The van der Waals surface area contributed by atoms with E-state index in [1.54, 1.807) is 0 Å². The van der Waals surface area contributed by atoms with E-state index in [4.69, 9.17) is 4.74 Å². The van der Waals surface area contributed by atoms with Crippen LogP contribution in [0.2, 0.25) is 0 Å². The minimum Gasteiger partial charge on any atom is -0.501 e. The molecule has 148 valence electrons. The first-order valence-corrected chi connectivity index (χ1v) is 8.74. The van der Waals surface area contributed by atoms with Gasteiger partial charge in [0.1, 0.15) is 11.3 Å². The number of halogens is 1. The summed E-state index contributed by atoms with van der Waals surface area (Å²) in [6.07, 6.45) is 1.10. The summed E-state index contributed by atoms with van der Waals surface area (Å²) in [5, 5.41) is 22.9. The van der Waals surface area contributed by atoms with Crippen molar-refractivity contribution in [2.24, 2.45) is 0 Å². The third kappa shape index (κ3) is 3.80. The molecule has 0 bridgehead atoms. The van der Waals surface area contributed by atoms with E-state index in [0.29, 0.717) is 5.75 Å². The topological polar surface area (TPSA) is 139 Å². The SMILES string of the molecule is COc1ccc(N2C(=O)NC(=O)/C(=C/c3cc(Br)c(O)c([N+](=O)[O-])c3)C2=O)cc1. The van der Waals surface area contributed by atoms with E-state index < -0.39 is 39.8 Å². The van der Waals surface area contributed by atoms with E-state index in [1.165, 1.54) is 37.4 Å². The Morgan fingerprint density at radius 3 is 2.45 bits per heavy atom. The number of phenols is 1. The van der Waals surface area contributed by atoms with Gasteiger partial charge in [-0.15, -0.1) is 0 Å². The molecule has 0 saturated carbocycles. The second kappa shape index (κ2) is 7.72. The Labute approximate surface area is 171 Å². The first-order valence-electron chi connectivity index (χ1n) is 7.95. The smallest absolute Gasteiger partial charge is 0.335 e. The van der Waals surface area contributed by atoms with Crippen molar-refractivity contribution in [3.8, 4) is 11.5 Å². The van der Waals surface area contributed by atoms with Crippen molar-refractivity contribution in [2.75, 3.05) is 12.0 Å². The number of nitrogens with zero attached hydrogens (tertiary/aromatic N) is 2. The Hall–Kier alpha value is -3.73. The number of imide groups is 2. The minimum atomic E-state index is -0.948. The van der Waals surface area contributed by atoms with Gasteiger partial charge < -0.3 is 9.84 Å². The quantitative estimate of drug-likeness (QED) is 0.308. The van der Waals surface area contributed by atoms with E-state index in [-0.39, 0.29) is 15.7 Å². The van der Waals surface area contributed by atoms with E-state index in [1.807, 2.05) is 0 Å². The number of carbonyl (C=O) groups is 3. The molecule has 3 rings (SSSR count). The molecule has 1 heterocycles. The largest absolute Gasteiger partial charge is 0.501 e. The molecule has 1 aliphatic heterocycles. The number of methoxy groups -OCH3 is 1. The summed E-state index contributed by atoms with van der Waals surface area (Å²) in [5.74, 6) is -1.94. The van der Waals surface area contributed by atoms with Crippen LogP contribution in [0.25, 0.3) is 6.08 Å². The van der Waals surface area contributed by atoms with Crippen LogP contribution < -0.4 is 15.0 Å². The van der Waals surface area contributed by atoms with Crippen LogP contribution >= 0.6 is 15.9 Å². The first-order chi connectivity index (χ1) is 13.7. The normalized spacial score (nSPS) is 15.4. The number of rotatable bonds is 4. The lowest BCUT2D eigenvalue weighted by Crippen LogP contribution is -2.54. The zero-order chi connectivity index (χ0) is 21.3. The Balaban J connectivity index is 2.04. The molecule has 0 aliphatic carbocycles. The second-order valence-corrected chi connectivity index (χ2v) is 6.64. The van der Waals surface area contributed by atoms with Gasteiger partial charge in [-0.1, -0.05) is 0 Å². The number of nitro groups is 1. The van der Waals surface area contributed by atoms with Crippen molar-refractivity contribution >= 4 is 51.2 Å². The number of barbiturate groups is 1. The predicted molar refractivity (Wildman–Crippen MR) is 104 cm³/mol. The van der Waals surface area contributed by atoms with Crippen molar-refractivity contribution in [2.45, 2.75) is 0 Å². The fourth-order valence-corrected chi connectivity index (χ4v) is 3.08. The fraction of sp³-hybridized carbons (Fsp3) is 0.0556. The third-order valence-electron chi connectivity index (χ3n) is 4.01. The average molecular weight is 462 g/mol. The number of urea groups is 1. The lowest BCUT2D eigenvalue weighted by atomic mass is 10.1. The van der Waals surface area contributed by atoms with Gasteiger partial charge in [-0.05, 0) is 57.9 Å². The van der Waals surface area contributed by atoms with Crippen molar-refractivity contribution in [3.05, 3.63) is 62.1 Å². The zero-order valence-electron chi connectivity index (χ0n) is 14.7. The molecule has 2 N–H and O–H groups in total. The summed E-state index contributed by atoms with van der Waals surface area (Å²) in [4.78, 5) is 48.3. The molecule has 2 aromatic rings. The maximum Gasteiger partial charge on any atom is 0.335 e. The van der Waals surface area contributed by atoms with Crippen molar-refractivity contribution < 1.29 is 29.2 Å². The van der Waals surface area contributed by atoms with Gasteiger partial charge in [-0.3, -0.25) is 25.0 Å². The summed E-state index contributed by atoms with van der Waals surface area (Å²) < 4.78 is 5.03. The number of carbonyl (C=O) groups excluding carboxylic acids is 3. The number of phenolic OH excluding ortho intramolecular Hbond substituents is 1. The highest BCUT2D eigenvalue weighted by Gasteiger charge is 2.37. The number of hydrogen-bond acceptors (Lipinski definition) is 7. The Bertz CT molecular complexity index is 1080. The van der Waals surface area contributed by atoms with Gasteiger partial charge in [0.05, 0.1) is 22.2 Å². The number of nitro benzene ring substituents is 1. The van der Waals surface area contributed by atoms with Crippen LogP contribution in [0, 0.1) is 10.1 Å². The number of anilines is 1. The second-order valence-electron chi connectivity index (χ2n) is 5.78. The highest BCUT2D eigenvalue weighted by Crippen LogP contribution is 2.36. The van der Waals surface area contributed by atoms with Gasteiger partial charge in [0.2, 0.25) is 5.75 Å². The predicted octanol–water partition coefficient (Wildman–Crippen LogP) is 2.74. The Morgan fingerprint density at radius 2 is 1.86 bits per heavy atom. The number of nitrogens with one attached hydrogen (secondary N) is 1. The van der Waals surface area contributed by atoms with Crippen LogP contribution in [0.15, 0.2) is 46.4 Å². The molecule has 0 spiro atoms. The van der Waals surface area contributed by atoms with Gasteiger partial charge >= 0.3 is 11.7 Å². The highest BCUT2D eigenvalue weighted by molar-refractivity contribution is 9.10. The summed E-state index contributed by atoms with van der Waals surface area (Å²) in [6, 6.07) is 7.37. The standard InChI is InChI=1S/C18H12BrN3O7/c1-29-11-4-2-10(3-5-11)21-17(25)12(16(24)20-18(21)26)6-9-7-13(19)15(23)14(8-9)22(27)28/h2-8,23H,1H3,(H,20,24,26)/b12-6-. The molecule has 2 aromatic carbocycles. The molecule has 1 fully saturated rings. The maximum atomic E-state index is 12.8. The number of amides is 4. The van der Waals surface area contributed by atoms with Gasteiger partial charge in [-0.2, -0.15) is 0 Å². The number of benzene rings is 2. The van der Waals surface area contributed by atoms with E-state index in [2.05, 4.69) is 21.2 Å². The summed E-state index contributed by atoms with van der Waals surface area (Å²) in [7, 11) is 1.46. The molecule has 0 unspecified atom stereocenters. The molecule has 0 atom stereocenters. The summed E-state index contributed by atoms with van der Waals surface area (Å²) in [5.41, 5.74) is -0.723. The fourth-order valence-electron chi connectivity index (χ4n) is 2.62. The zero-order valence-corrected chi connectivity index (χ0v) is 16.3. The van der Waals surface area contributed by atoms with Crippen LogP contribution in [0.3, 0.4) is 0 Å². The summed E-state index contributed by atoms with van der Waals surface area (Å²) >= 11 is 2.99. The summed E-state index contributed by atoms with van der Waals surface area (Å²) in [6.45, 7) is 0.